The van der Waals surface area contributed by atoms with Crippen molar-refractivity contribution in [3.8, 4) is 11.5 Å². The molecule has 0 fully saturated rings. The highest BCUT2D eigenvalue weighted by Crippen LogP contribution is 2.18. The van der Waals surface area contributed by atoms with E-state index < -0.39 is 5.97 Å². The topological polar surface area (TPSA) is 76.1 Å². The second-order valence-corrected chi connectivity index (χ2v) is 6.30. The molecule has 6 nitrogen and oxygen atoms in total. The molecule has 2 rings (SSSR count). The van der Waals surface area contributed by atoms with E-state index in [0.29, 0.717) is 32.6 Å². The first-order valence-electron chi connectivity index (χ1n) is 9.47. The number of aliphatic carboxylic acids is 1. The summed E-state index contributed by atoms with van der Waals surface area (Å²) in [6.45, 7) is 3.57. The quantitative estimate of drug-likeness (QED) is 0.563. The summed E-state index contributed by atoms with van der Waals surface area (Å²) < 4.78 is 11.1. The average Bonchev–Trinajstić information content (AvgIpc) is 2.70. The molecule has 28 heavy (non-hydrogen) atoms. The summed E-state index contributed by atoms with van der Waals surface area (Å²) in [5, 5.41) is 8.94. The van der Waals surface area contributed by atoms with Gasteiger partial charge in [0.15, 0.2) is 0 Å². The second-order valence-electron chi connectivity index (χ2n) is 6.30. The Morgan fingerprint density at radius 3 is 2.18 bits per heavy atom. The van der Waals surface area contributed by atoms with Gasteiger partial charge in [0, 0.05) is 19.5 Å². The van der Waals surface area contributed by atoms with Crippen LogP contribution in [0.1, 0.15) is 31.7 Å². The Morgan fingerprint density at radius 2 is 1.57 bits per heavy atom. The third-order valence-electron chi connectivity index (χ3n) is 4.10. The molecule has 6 heteroatoms. The van der Waals surface area contributed by atoms with Gasteiger partial charge in [-0.15, -0.1) is 0 Å². The van der Waals surface area contributed by atoms with Gasteiger partial charge in [0.2, 0.25) is 5.91 Å². The van der Waals surface area contributed by atoms with Crippen molar-refractivity contribution in [3.63, 3.8) is 0 Å². The van der Waals surface area contributed by atoms with Crippen molar-refractivity contribution in [2.75, 3.05) is 19.8 Å². The van der Waals surface area contributed by atoms with E-state index in [9.17, 15) is 9.59 Å². The number of hydrogen-bond acceptors (Lipinski definition) is 4. The van der Waals surface area contributed by atoms with Gasteiger partial charge in [0.05, 0.1) is 19.6 Å². The fraction of sp³-hybridized carbons (Fsp3) is 0.364. The molecule has 2 aromatic carbocycles. The Kier molecular flexibility index (Phi) is 8.85. The number of carbonyl (C=O) groups is 2. The van der Waals surface area contributed by atoms with Crippen LogP contribution in [-0.2, 0) is 16.1 Å². The van der Waals surface area contributed by atoms with E-state index in [2.05, 4.69) is 0 Å². The molecule has 0 spiro atoms. The van der Waals surface area contributed by atoms with Gasteiger partial charge in [-0.1, -0.05) is 30.3 Å². The molecule has 0 aliphatic heterocycles. The van der Waals surface area contributed by atoms with Gasteiger partial charge in [-0.05, 0) is 43.2 Å². The van der Waals surface area contributed by atoms with Crippen LogP contribution in [-0.4, -0.2) is 41.6 Å². The minimum absolute atomic E-state index is 0.0682. The van der Waals surface area contributed by atoms with Crippen molar-refractivity contribution in [1.82, 2.24) is 4.90 Å². The van der Waals surface area contributed by atoms with E-state index in [1.165, 1.54) is 0 Å². The number of hydrogen-bond donors (Lipinski definition) is 1. The molecule has 0 aromatic heterocycles. The van der Waals surface area contributed by atoms with E-state index in [1.54, 1.807) is 4.90 Å². The molecule has 0 radical (unpaired) electrons. The number of carbonyl (C=O) groups excluding carboxylic acids is 1. The molecule has 0 saturated heterocycles. The lowest BCUT2D eigenvalue weighted by Gasteiger charge is -2.22. The van der Waals surface area contributed by atoms with Crippen LogP contribution >= 0.6 is 0 Å². The van der Waals surface area contributed by atoms with E-state index in [0.717, 1.165) is 17.1 Å². The lowest BCUT2D eigenvalue weighted by atomic mass is 10.2. The van der Waals surface area contributed by atoms with Gasteiger partial charge in [-0.3, -0.25) is 9.59 Å². The number of benzene rings is 2. The zero-order valence-corrected chi connectivity index (χ0v) is 16.2. The SMILES string of the molecule is CCOc1ccc(OCCCC(=O)N(CCC(=O)O)Cc2ccccc2)cc1. The number of carboxylic acids is 1. The van der Waals surface area contributed by atoms with Crippen molar-refractivity contribution >= 4 is 11.9 Å². The van der Waals surface area contributed by atoms with Crippen LogP contribution in [0.5, 0.6) is 11.5 Å². The number of amides is 1. The number of rotatable bonds is 12. The van der Waals surface area contributed by atoms with Gasteiger partial charge in [0.1, 0.15) is 11.5 Å². The fourth-order valence-corrected chi connectivity index (χ4v) is 2.70. The van der Waals surface area contributed by atoms with Gasteiger partial charge >= 0.3 is 5.97 Å². The molecule has 0 heterocycles. The summed E-state index contributed by atoms with van der Waals surface area (Å²) >= 11 is 0. The summed E-state index contributed by atoms with van der Waals surface area (Å²) in [6, 6.07) is 16.9. The molecule has 1 amide bonds. The minimum Gasteiger partial charge on any atom is -0.494 e. The zero-order chi connectivity index (χ0) is 20.2. The first-order chi connectivity index (χ1) is 13.6. The summed E-state index contributed by atoms with van der Waals surface area (Å²) in [5.74, 6) is 0.535. The fourth-order valence-electron chi connectivity index (χ4n) is 2.70. The third kappa shape index (κ3) is 7.70. The molecule has 0 aliphatic rings. The van der Waals surface area contributed by atoms with Crippen molar-refractivity contribution in [1.29, 1.82) is 0 Å². The highest BCUT2D eigenvalue weighted by Gasteiger charge is 2.15. The lowest BCUT2D eigenvalue weighted by Crippen LogP contribution is -2.32. The molecule has 0 unspecified atom stereocenters. The van der Waals surface area contributed by atoms with E-state index in [-0.39, 0.29) is 18.9 Å². The van der Waals surface area contributed by atoms with Crippen LogP contribution in [0.3, 0.4) is 0 Å². The third-order valence-corrected chi connectivity index (χ3v) is 4.10. The smallest absolute Gasteiger partial charge is 0.305 e. The van der Waals surface area contributed by atoms with Crippen molar-refractivity contribution in [2.24, 2.45) is 0 Å². The van der Waals surface area contributed by atoms with Crippen LogP contribution in [0, 0.1) is 0 Å². The van der Waals surface area contributed by atoms with Gasteiger partial charge in [0.25, 0.3) is 0 Å². The Morgan fingerprint density at radius 1 is 0.929 bits per heavy atom. The monoisotopic (exact) mass is 385 g/mol. The van der Waals surface area contributed by atoms with E-state index >= 15 is 0 Å². The molecule has 1 N–H and O–H groups in total. The highest BCUT2D eigenvalue weighted by molar-refractivity contribution is 5.77. The molecule has 150 valence electrons. The summed E-state index contributed by atoms with van der Waals surface area (Å²) in [5.41, 5.74) is 0.979. The van der Waals surface area contributed by atoms with Crippen molar-refractivity contribution in [3.05, 3.63) is 60.2 Å². The van der Waals surface area contributed by atoms with Crippen molar-refractivity contribution < 1.29 is 24.2 Å². The largest absolute Gasteiger partial charge is 0.494 e. The number of carboxylic acid groups (broad SMARTS) is 1. The maximum atomic E-state index is 12.5. The summed E-state index contributed by atoms with van der Waals surface area (Å²) in [4.78, 5) is 25.0. The molecule has 0 bridgehead atoms. The first-order valence-corrected chi connectivity index (χ1v) is 9.47. The van der Waals surface area contributed by atoms with Gasteiger partial charge in [-0.2, -0.15) is 0 Å². The van der Waals surface area contributed by atoms with Crippen LogP contribution in [0.2, 0.25) is 0 Å². The zero-order valence-electron chi connectivity index (χ0n) is 16.2. The van der Waals surface area contributed by atoms with E-state index in [4.69, 9.17) is 14.6 Å². The Bertz CT molecular complexity index is 730. The van der Waals surface area contributed by atoms with E-state index in [1.807, 2.05) is 61.5 Å². The first kappa shape index (κ1) is 21.3. The molecular weight excluding hydrogens is 358 g/mol. The van der Waals surface area contributed by atoms with Gasteiger partial charge < -0.3 is 19.5 Å². The molecular formula is C22H27NO5. The molecule has 2 aromatic rings. The van der Waals surface area contributed by atoms with Crippen LogP contribution in [0.4, 0.5) is 0 Å². The van der Waals surface area contributed by atoms with Crippen LogP contribution in [0.25, 0.3) is 0 Å². The molecule has 0 atom stereocenters. The second kappa shape index (κ2) is 11.6. The lowest BCUT2D eigenvalue weighted by molar-refractivity contribution is -0.138. The van der Waals surface area contributed by atoms with Crippen LogP contribution in [0.15, 0.2) is 54.6 Å². The summed E-state index contributed by atoms with van der Waals surface area (Å²) in [6.07, 6.45) is 0.801. The minimum atomic E-state index is -0.912. The predicted octanol–water partition coefficient (Wildman–Crippen LogP) is 3.75. The number of ether oxygens (including phenoxy) is 2. The maximum absolute atomic E-state index is 12.5. The van der Waals surface area contributed by atoms with Crippen LogP contribution < -0.4 is 9.47 Å². The molecule has 0 aliphatic carbocycles. The highest BCUT2D eigenvalue weighted by atomic mass is 16.5. The average molecular weight is 385 g/mol. The summed E-state index contributed by atoms with van der Waals surface area (Å²) in [7, 11) is 0. The Balaban J connectivity index is 1.80. The Labute approximate surface area is 165 Å². The normalized spacial score (nSPS) is 10.3. The van der Waals surface area contributed by atoms with Crippen molar-refractivity contribution in [2.45, 2.75) is 32.7 Å². The maximum Gasteiger partial charge on any atom is 0.305 e. The predicted molar refractivity (Wildman–Crippen MR) is 106 cm³/mol. The molecule has 0 saturated carbocycles. The van der Waals surface area contributed by atoms with Gasteiger partial charge in [-0.25, -0.2) is 0 Å². The number of nitrogens with zero attached hydrogens (tertiary/aromatic N) is 1. The Hall–Kier alpha value is -3.02. The standard InChI is InChI=1S/C22H27NO5/c1-2-27-19-10-12-20(13-11-19)28-16-6-9-21(24)23(15-14-22(25)26)17-18-7-4-3-5-8-18/h3-5,7-8,10-13H,2,6,9,14-17H2,1H3,(H,25,26).